The van der Waals surface area contributed by atoms with E-state index in [2.05, 4.69) is 4.98 Å². The number of aromatic nitrogens is 1. The zero-order valence-electron chi connectivity index (χ0n) is 9.22. The molecule has 0 aliphatic rings. The second kappa shape index (κ2) is 3.96. The molecule has 1 heterocycles. The van der Waals surface area contributed by atoms with Crippen LogP contribution in [0, 0.1) is 5.82 Å². The molecule has 3 N–H and O–H groups in total. The van der Waals surface area contributed by atoms with Gasteiger partial charge in [0.15, 0.2) is 0 Å². The molecule has 0 radical (unpaired) electrons. The van der Waals surface area contributed by atoms with Crippen LogP contribution < -0.4 is 5.73 Å². The zero-order valence-corrected chi connectivity index (χ0v) is 10.0. The summed E-state index contributed by atoms with van der Waals surface area (Å²) >= 11 is 1.39. The first-order chi connectivity index (χ1) is 8.63. The first kappa shape index (κ1) is 11.0. The highest BCUT2D eigenvalue weighted by Crippen LogP contribution is 2.33. The van der Waals surface area contributed by atoms with Gasteiger partial charge < -0.3 is 10.8 Å². The van der Waals surface area contributed by atoms with Crippen LogP contribution in [-0.4, -0.2) is 10.1 Å². The Morgan fingerprint density at radius 2 is 2.00 bits per heavy atom. The van der Waals surface area contributed by atoms with Gasteiger partial charge in [0.05, 0.1) is 15.9 Å². The Balaban J connectivity index is 2.16. The van der Waals surface area contributed by atoms with Gasteiger partial charge in [-0.15, -0.1) is 11.3 Å². The summed E-state index contributed by atoms with van der Waals surface area (Å²) in [5, 5.41) is 10.1. The molecule has 0 atom stereocenters. The van der Waals surface area contributed by atoms with Crippen molar-refractivity contribution in [1.82, 2.24) is 4.98 Å². The van der Waals surface area contributed by atoms with Crippen LogP contribution in [0.3, 0.4) is 0 Å². The third-order valence-corrected chi connectivity index (χ3v) is 3.69. The van der Waals surface area contributed by atoms with Crippen LogP contribution in [0.15, 0.2) is 36.4 Å². The molecule has 0 fully saturated rings. The lowest BCUT2D eigenvalue weighted by Crippen LogP contribution is -1.86. The van der Waals surface area contributed by atoms with Crippen molar-refractivity contribution >= 4 is 27.2 Å². The molecule has 0 saturated heterocycles. The fourth-order valence-corrected chi connectivity index (χ4v) is 2.70. The molecule has 3 aromatic rings. The van der Waals surface area contributed by atoms with Gasteiger partial charge in [-0.1, -0.05) is 0 Å². The number of nitrogen functional groups attached to an aromatic ring is 1. The number of hydrogen-bond donors (Lipinski definition) is 2. The van der Waals surface area contributed by atoms with Gasteiger partial charge in [-0.25, -0.2) is 9.37 Å². The van der Waals surface area contributed by atoms with E-state index >= 15 is 0 Å². The highest BCUT2D eigenvalue weighted by atomic mass is 32.1. The Labute approximate surface area is 106 Å². The molecule has 0 unspecified atom stereocenters. The summed E-state index contributed by atoms with van der Waals surface area (Å²) in [6.45, 7) is 0. The van der Waals surface area contributed by atoms with Crippen molar-refractivity contribution < 1.29 is 9.50 Å². The molecule has 0 aliphatic carbocycles. The van der Waals surface area contributed by atoms with E-state index in [-0.39, 0.29) is 11.6 Å². The fraction of sp³-hybridized carbons (Fsp3) is 0. The van der Waals surface area contributed by atoms with Crippen LogP contribution in [0.25, 0.3) is 20.8 Å². The molecule has 0 amide bonds. The standard InChI is InChI=1S/C13H9FN2OS/c14-8-2-3-10-12(6-8)18-13(16-10)7-1-4-11(17)9(15)5-7/h1-6,17H,15H2. The molecule has 3 nitrogen and oxygen atoms in total. The minimum atomic E-state index is -0.275. The van der Waals surface area contributed by atoms with Gasteiger partial charge in [-0.2, -0.15) is 0 Å². The van der Waals surface area contributed by atoms with E-state index in [0.29, 0.717) is 5.69 Å². The maximum Gasteiger partial charge on any atom is 0.138 e. The monoisotopic (exact) mass is 260 g/mol. The van der Waals surface area contributed by atoms with Crippen molar-refractivity contribution in [1.29, 1.82) is 0 Å². The van der Waals surface area contributed by atoms with Gasteiger partial charge in [-0.05, 0) is 36.4 Å². The largest absolute Gasteiger partial charge is 0.506 e. The number of hydrogen-bond acceptors (Lipinski definition) is 4. The van der Waals surface area contributed by atoms with E-state index in [9.17, 15) is 9.50 Å². The summed E-state index contributed by atoms with van der Waals surface area (Å²) in [6.07, 6.45) is 0. The van der Waals surface area contributed by atoms with Gasteiger partial charge in [0.25, 0.3) is 0 Å². The number of benzene rings is 2. The SMILES string of the molecule is Nc1cc(-c2nc3ccc(F)cc3s2)ccc1O. The first-order valence-corrected chi connectivity index (χ1v) is 6.10. The Hall–Kier alpha value is -2.14. The van der Waals surface area contributed by atoms with E-state index in [0.717, 1.165) is 20.8 Å². The molecule has 2 aromatic carbocycles. The molecule has 18 heavy (non-hydrogen) atoms. The van der Waals surface area contributed by atoms with Crippen LogP contribution in [0.5, 0.6) is 5.75 Å². The molecule has 5 heteroatoms. The quantitative estimate of drug-likeness (QED) is 0.521. The van der Waals surface area contributed by atoms with Crippen molar-refractivity contribution in [2.24, 2.45) is 0 Å². The second-order valence-electron chi connectivity index (χ2n) is 3.90. The molecule has 3 rings (SSSR count). The minimum Gasteiger partial charge on any atom is -0.506 e. The van der Waals surface area contributed by atoms with E-state index in [1.165, 1.54) is 29.5 Å². The molecule has 0 saturated carbocycles. The summed E-state index contributed by atoms with van der Waals surface area (Å²) in [4.78, 5) is 4.41. The smallest absolute Gasteiger partial charge is 0.138 e. The van der Waals surface area contributed by atoms with Gasteiger partial charge in [0, 0.05) is 5.56 Å². The second-order valence-corrected chi connectivity index (χ2v) is 4.94. The van der Waals surface area contributed by atoms with Crippen LogP contribution in [0.4, 0.5) is 10.1 Å². The number of nitrogens with zero attached hydrogens (tertiary/aromatic N) is 1. The Morgan fingerprint density at radius 3 is 2.78 bits per heavy atom. The van der Waals surface area contributed by atoms with Gasteiger partial charge in [-0.3, -0.25) is 0 Å². The number of phenols is 1. The summed E-state index contributed by atoms with van der Waals surface area (Å²) < 4.78 is 13.9. The van der Waals surface area contributed by atoms with Gasteiger partial charge in [0.1, 0.15) is 16.6 Å². The molecule has 90 valence electrons. The highest BCUT2D eigenvalue weighted by molar-refractivity contribution is 7.21. The van der Waals surface area contributed by atoms with E-state index < -0.39 is 0 Å². The van der Waals surface area contributed by atoms with Crippen molar-refractivity contribution in [2.75, 3.05) is 5.73 Å². The number of halogens is 1. The molecule has 0 bridgehead atoms. The molecule has 0 spiro atoms. The van der Waals surface area contributed by atoms with Gasteiger partial charge >= 0.3 is 0 Å². The molecule has 1 aromatic heterocycles. The minimum absolute atomic E-state index is 0.0471. The summed E-state index contributed by atoms with van der Waals surface area (Å²) in [5.41, 5.74) is 7.51. The number of nitrogens with two attached hydrogens (primary N) is 1. The fourth-order valence-electron chi connectivity index (χ4n) is 1.71. The Morgan fingerprint density at radius 1 is 1.17 bits per heavy atom. The number of phenolic OH excluding ortho intramolecular Hbond substituents is 1. The maximum absolute atomic E-state index is 13.1. The normalized spacial score (nSPS) is 10.9. The number of anilines is 1. The number of rotatable bonds is 1. The van der Waals surface area contributed by atoms with Crippen LogP contribution in [0.2, 0.25) is 0 Å². The average molecular weight is 260 g/mol. The van der Waals surface area contributed by atoms with Crippen LogP contribution >= 0.6 is 11.3 Å². The average Bonchev–Trinajstić information content (AvgIpc) is 2.75. The number of fused-ring (bicyclic) bond motifs is 1. The summed E-state index contributed by atoms with van der Waals surface area (Å²) in [6, 6.07) is 9.41. The predicted octanol–water partition coefficient (Wildman–Crippen LogP) is 3.39. The van der Waals surface area contributed by atoms with Crippen molar-refractivity contribution in [3.05, 3.63) is 42.2 Å². The maximum atomic E-state index is 13.1. The Kier molecular flexibility index (Phi) is 2.41. The zero-order chi connectivity index (χ0) is 12.7. The number of aromatic hydroxyl groups is 1. The molecular formula is C13H9FN2OS. The topological polar surface area (TPSA) is 59.1 Å². The van der Waals surface area contributed by atoms with E-state index in [4.69, 9.17) is 5.73 Å². The molecule has 0 aliphatic heterocycles. The number of thiazole rings is 1. The Bertz CT molecular complexity index is 739. The third kappa shape index (κ3) is 1.78. The molecular weight excluding hydrogens is 251 g/mol. The third-order valence-electron chi connectivity index (χ3n) is 2.62. The van der Waals surface area contributed by atoms with E-state index in [1.807, 2.05) is 0 Å². The van der Waals surface area contributed by atoms with Gasteiger partial charge in [0.2, 0.25) is 0 Å². The predicted molar refractivity (Wildman–Crippen MR) is 71.1 cm³/mol. The first-order valence-electron chi connectivity index (χ1n) is 5.28. The lowest BCUT2D eigenvalue weighted by molar-refractivity contribution is 0.478. The van der Waals surface area contributed by atoms with Crippen LogP contribution in [0.1, 0.15) is 0 Å². The van der Waals surface area contributed by atoms with Crippen molar-refractivity contribution in [2.45, 2.75) is 0 Å². The summed E-state index contributed by atoms with van der Waals surface area (Å²) in [5.74, 6) is -0.228. The van der Waals surface area contributed by atoms with Crippen molar-refractivity contribution in [3.8, 4) is 16.3 Å². The highest BCUT2D eigenvalue weighted by Gasteiger charge is 2.08. The lowest BCUT2D eigenvalue weighted by atomic mass is 10.2. The summed E-state index contributed by atoms with van der Waals surface area (Å²) in [7, 11) is 0. The van der Waals surface area contributed by atoms with Crippen molar-refractivity contribution in [3.63, 3.8) is 0 Å². The van der Waals surface area contributed by atoms with E-state index in [1.54, 1.807) is 18.2 Å². The lowest BCUT2D eigenvalue weighted by Gasteiger charge is -2.00. The van der Waals surface area contributed by atoms with Crippen LogP contribution in [-0.2, 0) is 0 Å².